The monoisotopic (exact) mass is 832 g/mol. The SMILES string of the molecule is CNC(=O)c1nnc(NC(=O)C2CC2)cc1Nc1cccc2c1N(C)[C@](C)([I-]O)c1c-2cnn1C1CN(C(=O)c2cccc(C(=O)N3CCCC3)n2)C1. The minimum atomic E-state index is -1.46. The van der Waals surface area contributed by atoms with Crippen molar-refractivity contribution in [3.63, 3.8) is 0 Å². The van der Waals surface area contributed by atoms with Crippen LogP contribution >= 0.6 is 0 Å². The van der Waals surface area contributed by atoms with Crippen molar-refractivity contribution in [2.75, 3.05) is 55.8 Å². The van der Waals surface area contributed by atoms with Gasteiger partial charge < -0.3 is 0 Å². The van der Waals surface area contributed by atoms with E-state index in [0.717, 1.165) is 48.2 Å². The molecule has 6 heterocycles. The van der Waals surface area contributed by atoms with Crippen molar-refractivity contribution in [3.05, 3.63) is 71.4 Å². The number of aromatic nitrogens is 5. The molecule has 3 aliphatic heterocycles. The Morgan fingerprint density at radius 3 is 2.30 bits per heavy atom. The summed E-state index contributed by atoms with van der Waals surface area (Å²) >= 11 is -1.46. The number of carbonyl (C=O) groups is 4. The number of fused-ring (bicyclic) bond motifs is 3. The molecule has 4 aliphatic rings. The number of alkyl halides is 1. The molecule has 1 saturated carbocycles. The molecule has 4 N–H and O–H groups in total. The average Bonchev–Trinajstić information content (AvgIpc) is 3.68. The van der Waals surface area contributed by atoms with E-state index in [1.54, 1.807) is 40.3 Å². The molecule has 17 heteroatoms. The maximum atomic E-state index is 13.5. The fourth-order valence-electron chi connectivity index (χ4n) is 7.23. The van der Waals surface area contributed by atoms with E-state index in [9.17, 15) is 22.6 Å². The van der Waals surface area contributed by atoms with Gasteiger partial charge in [-0.05, 0) is 12.8 Å². The zero-order valence-electron chi connectivity index (χ0n) is 29.5. The Kier molecular flexibility index (Phi) is 9.00. The number of hydrogen-bond donors (Lipinski definition) is 4. The van der Waals surface area contributed by atoms with Gasteiger partial charge in [0.1, 0.15) is 0 Å². The van der Waals surface area contributed by atoms with Gasteiger partial charge in [-0.15, -0.1) is 0 Å². The first kappa shape index (κ1) is 34.9. The minimum absolute atomic E-state index is 0.0368. The van der Waals surface area contributed by atoms with E-state index in [2.05, 4.69) is 31.1 Å². The number of halogens is 1. The summed E-state index contributed by atoms with van der Waals surface area (Å²) in [5.74, 6) is -0.772. The molecule has 53 heavy (non-hydrogen) atoms. The Morgan fingerprint density at radius 1 is 0.925 bits per heavy atom. The van der Waals surface area contributed by atoms with E-state index >= 15 is 0 Å². The summed E-state index contributed by atoms with van der Waals surface area (Å²) in [6, 6.07) is 12.2. The molecule has 16 nitrogen and oxygen atoms in total. The van der Waals surface area contributed by atoms with Crippen molar-refractivity contribution < 1.29 is 44.2 Å². The van der Waals surface area contributed by atoms with E-state index in [1.807, 2.05) is 41.8 Å². The number of pyridine rings is 1. The number of carbonyl (C=O) groups excluding carboxylic acids is 4. The number of nitrogens with one attached hydrogen (secondary N) is 3. The third-order valence-electron chi connectivity index (χ3n) is 10.5. The van der Waals surface area contributed by atoms with Crippen molar-refractivity contribution in [1.82, 2.24) is 40.1 Å². The summed E-state index contributed by atoms with van der Waals surface area (Å²) in [5.41, 5.74) is 4.95. The van der Waals surface area contributed by atoms with Crippen molar-refractivity contribution in [1.29, 1.82) is 0 Å². The molecule has 8 rings (SSSR count). The van der Waals surface area contributed by atoms with Crippen LogP contribution in [0.15, 0.2) is 48.7 Å². The Morgan fingerprint density at radius 2 is 1.62 bits per heavy atom. The van der Waals surface area contributed by atoms with Crippen molar-refractivity contribution in [2.24, 2.45) is 5.92 Å². The van der Waals surface area contributed by atoms with E-state index < -0.39 is 31.1 Å². The number of rotatable bonds is 9. The first-order valence-corrected chi connectivity index (χ1v) is 19.6. The standard InChI is InChI=1S/C36H39IN11O5/c1-36(37-53)31-23(17-39-48(31)21-18-47(19-21)35(52)26-11-7-10-25(41-26)34(51)46-14-4-5-15-46)22-8-6-9-24(30(22)45(36)3)40-27-16-28(42-32(49)20-12-13-20)43-44-29(27)33(50)38-2/h6-11,16-17,20-21,53H,4-5,12-15,18-19H2,1-3H3,(H,38,50)(H2,40,42,43,49)/q-1/t36-/m0/s1. The second kappa shape index (κ2) is 13.7. The summed E-state index contributed by atoms with van der Waals surface area (Å²) in [4.78, 5) is 61.7. The summed E-state index contributed by atoms with van der Waals surface area (Å²) < 4.78 is 12.2. The molecule has 4 aromatic rings. The Balaban J connectivity index is 1.07. The van der Waals surface area contributed by atoms with Gasteiger partial charge in [0.05, 0.1) is 0 Å². The predicted octanol–water partition coefficient (Wildman–Crippen LogP) is -0.261. The molecule has 1 aliphatic carbocycles. The van der Waals surface area contributed by atoms with Crippen LogP contribution in [0.5, 0.6) is 0 Å². The summed E-state index contributed by atoms with van der Waals surface area (Å²) in [7, 11) is 3.43. The molecule has 3 aromatic heterocycles. The van der Waals surface area contributed by atoms with E-state index in [-0.39, 0.29) is 52.6 Å². The fourth-order valence-corrected chi connectivity index (χ4v) is 8.56. The molecular formula is C36H39IN11O5-. The van der Waals surface area contributed by atoms with Crippen LogP contribution in [0.1, 0.15) is 75.8 Å². The van der Waals surface area contributed by atoms with Gasteiger partial charge in [0, 0.05) is 13.1 Å². The number of anilines is 4. The van der Waals surface area contributed by atoms with Crippen molar-refractivity contribution in [2.45, 2.75) is 42.2 Å². The third-order valence-corrected chi connectivity index (χ3v) is 12.6. The number of likely N-dealkylation sites (tertiary alicyclic amines) is 2. The van der Waals surface area contributed by atoms with E-state index in [1.165, 1.54) is 7.05 Å². The molecular weight excluding hydrogens is 793 g/mol. The van der Waals surface area contributed by atoms with Crippen molar-refractivity contribution in [3.8, 4) is 11.1 Å². The van der Waals surface area contributed by atoms with E-state index in [4.69, 9.17) is 5.10 Å². The Bertz CT molecular complexity index is 2140. The number of amides is 4. The van der Waals surface area contributed by atoms with Crippen LogP contribution in [-0.4, -0.2) is 102 Å². The Labute approximate surface area is 316 Å². The number of nitrogens with zero attached hydrogens (tertiary/aromatic N) is 8. The van der Waals surface area contributed by atoms with Gasteiger partial charge in [0.15, 0.2) is 0 Å². The van der Waals surface area contributed by atoms with Gasteiger partial charge >= 0.3 is 291 Å². The topological polar surface area (TPSA) is 191 Å². The number of hydrogen-bond acceptors (Lipinski definition) is 11. The van der Waals surface area contributed by atoms with Gasteiger partial charge in [0.25, 0.3) is 0 Å². The quantitative estimate of drug-likeness (QED) is 0.0988. The van der Waals surface area contributed by atoms with Crippen LogP contribution in [0.25, 0.3) is 11.1 Å². The zero-order chi connectivity index (χ0) is 37.0. The molecule has 0 unspecified atom stereocenters. The molecule has 1 aromatic carbocycles. The Hall–Kier alpha value is -5.17. The normalized spacial score (nSPS) is 19.4. The zero-order valence-corrected chi connectivity index (χ0v) is 31.6. The molecule has 2 saturated heterocycles. The van der Waals surface area contributed by atoms with Crippen LogP contribution < -0.4 is 42.5 Å². The molecule has 3 fully saturated rings. The number of benzene rings is 1. The van der Waals surface area contributed by atoms with Gasteiger partial charge in [-0.25, -0.2) is 0 Å². The first-order valence-electron chi connectivity index (χ1n) is 17.6. The molecule has 0 spiro atoms. The van der Waals surface area contributed by atoms with Crippen LogP contribution in [0, 0.1) is 5.92 Å². The molecule has 0 bridgehead atoms. The number of para-hydroxylation sites is 1. The fraction of sp³-hybridized carbons (Fsp3) is 0.389. The summed E-state index contributed by atoms with van der Waals surface area (Å²) in [6.07, 6.45) is 5.41. The molecule has 0 radical (unpaired) electrons. The van der Waals surface area contributed by atoms with Gasteiger partial charge in [-0.3, -0.25) is 0 Å². The second-order valence-electron chi connectivity index (χ2n) is 13.9. The van der Waals surface area contributed by atoms with Gasteiger partial charge in [0.2, 0.25) is 0 Å². The predicted molar refractivity (Wildman–Crippen MR) is 190 cm³/mol. The molecule has 276 valence electrons. The molecule has 4 amide bonds. The van der Waals surface area contributed by atoms with Gasteiger partial charge in [-0.2, -0.15) is 0 Å². The average molecular weight is 833 g/mol. The van der Waals surface area contributed by atoms with Crippen LogP contribution in [0.4, 0.5) is 22.9 Å². The third kappa shape index (κ3) is 6.14. The van der Waals surface area contributed by atoms with Crippen molar-refractivity contribution >= 4 is 46.5 Å². The van der Waals surface area contributed by atoms with Crippen LogP contribution in [0.3, 0.4) is 0 Å². The van der Waals surface area contributed by atoms with Gasteiger partial charge in [-0.1, -0.05) is 0 Å². The van der Waals surface area contributed by atoms with Crippen LogP contribution in [-0.2, 0) is 8.34 Å². The maximum absolute atomic E-state index is 13.5. The van der Waals surface area contributed by atoms with Crippen LogP contribution in [0.2, 0.25) is 0 Å². The summed E-state index contributed by atoms with van der Waals surface area (Å²) in [6.45, 7) is 4.19. The second-order valence-corrected chi connectivity index (χ2v) is 16.5. The summed E-state index contributed by atoms with van der Waals surface area (Å²) in [5, 5.41) is 21.8. The van der Waals surface area contributed by atoms with E-state index in [0.29, 0.717) is 37.6 Å². The molecule has 1 atom stereocenters. The first-order chi connectivity index (χ1) is 25.6.